The third-order valence-electron chi connectivity index (χ3n) is 2.84. The van der Waals surface area contributed by atoms with Crippen molar-refractivity contribution in [3.8, 4) is 0 Å². The Bertz CT molecular complexity index is 113. The summed E-state index contributed by atoms with van der Waals surface area (Å²) in [6, 6.07) is 0.673. The summed E-state index contributed by atoms with van der Waals surface area (Å²) in [7, 11) is 4.24. The van der Waals surface area contributed by atoms with Gasteiger partial charge in [-0.3, -0.25) is 0 Å². The highest BCUT2D eigenvalue weighted by Gasteiger charge is 2.08. The number of nitrogens with one attached hydrogen (secondary N) is 1. The highest BCUT2D eigenvalue weighted by Crippen LogP contribution is 2.08. The molecule has 0 fully saturated rings. The predicted molar refractivity (Wildman–Crippen MR) is 60.1 cm³/mol. The van der Waals surface area contributed by atoms with Crippen LogP contribution in [0.1, 0.15) is 33.6 Å². The smallest absolute Gasteiger partial charge is 0.00355 e. The minimum Gasteiger partial charge on any atom is -0.319 e. The molecule has 80 valence electrons. The van der Waals surface area contributed by atoms with Gasteiger partial charge in [0, 0.05) is 6.04 Å². The second-order valence-corrected chi connectivity index (χ2v) is 4.19. The van der Waals surface area contributed by atoms with Gasteiger partial charge >= 0.3 is 0 Å². The lowest BCUT2D eigenvalue weighted by Crippen LogP contribution is -2.30. The lowest BCUT2D eigenvalue weighted by Gasteiger charge is -2.23. The molecule has 0 aromatic carbocycles. The van der Waals surface area contributed by atoms with E-state index >= 15 is 0 Å². The molecule has 0 aliphatic carbocycles. The molecule has 0 saturated carbocycles. The van der Waals surface area contributed by atoms with E-state index in [0.29, 0.717) is 6.04 Å². The zero-order valence-electron chi connectivity index (χ0n) is 9.93. The first kappa shape index (κ1) is 12.9. The van der Waals surface area contributed by atoms with Crippen molar-refractivity contribution in [1.82, 2.24) is 10.2 Å². The van der Waals surface area contributed by atoms with E-state index in [-0.39, 0.29) is 0 Å². The molecule has 1 unspecified atom stereocenters. The first-order chi connectivity index (χ1) is 6.11. The molecule has 0 aromatic rings. The van der Waals surface area contributed by atoms with Crippen molar-refractivity contribution in [2.75, 3.05) is 27.2 Å². The van der Waals surface area contributed by atoms with Crippen molar-refractivity contribution in [2.24, 2.45) is 5.92 Å². The summed E-state index contributed by atoms with van der Waals surface area (Å²) >= 11 is 0. The van der Waals surface area contributed by atoms with E-state index in [2.05, 4.69) is 38.0 Å². The van der Waals surface area contributed by atoms with Crippen molar-refractivity contribution in [1.29, 1.82) is 0 Å². The molecule has 0 aliphatic heterocycles. The van der Waals surface area contributed by atoms with Gasteiger partial charge in [0.15, 0.2) is 0 Å². The topological polar surface area (TPSA) is 15.3 Å². The monoisotopic (exact) mass is 186 g/mol. The van der Waals surface area contributed by atoms with Gasteiger partial charge in [0.05, 0.1) is 0 Å². The van der Waals surface area contributed by atoms with E-state index in [0.717, 1.165) is 12.5 Å². The first-order valence-electron chi connectivity index (χ1n) is 5.46. The molecule has 0 heterocycles. The van der Waals surface area contributed by atoms with Crippen LogP contribution in [-0.2, 0) is 0 Å². The molecule has 0 aromatic heterocycles. The van der Waals surface area contributed by atoms with Gasteiger partial charge in [0.25, 0.3) is 0 Å². The molecule has 1 atom stereocenters. The Kier molecular flexibility index (Phi) is 7.29. The minimum atomic E-state index is 0.673. The maximum Gasteiger partial charge on any atom is 0.00355 e. The Balaban J connectivity index is 3.58. The van der Waals surface area contributed by atoms with Crippen LogP contribution >= 0.6 is 0 Å². The fourth-order valence-electron chi connectivity index (χ4n) is 1.38. The van der Waals surface area contributed by atoms with Crippen LogP contribution in [0.15, 0.2) is 0 Å². The molecular weight excluding hydrogens is 160 g/mol. The van der Waals surface area contributed by atoms with Crippen LogP contribution in [0.4, 0.5) is 0 Å². The SMILES string of the molecule is CCC(CCN(C)C(C)C)CNC. The number of hydrogen-bond donors (Lipinski definition) is 1. The molecule has 0 saturated heterocycles. The van der Waals surface area contributed by atoms with Crippen molar-refractivity contribution in [2.45, 2.75) is 39.7 Å². The lowest BCUT2D eigenvalue weighted by atomic mass is 10.0. The van der Waals surface area contributed by atoms with Crippen LogP contribution in [-0.4, -0.2) is 38.1 Å². The highest BCUT2D eigenvalue weighted by atomic mass is 15.1. The van der Waals surface area contributed by atoms with Crippen molar-refractivity contribution in [3.63, 3.8) is 0 Å². The maximum absolute atomic E-state index is 3.25. The molecule has 2 nitrogen and oxygen atoms in total. The highest BCUT2D eigenvalue weighted by molar-refractivity contribution is 4.64. The van der Waals surface area contributed by atoms with Crippen LogP contribution in [0.5, 0.6) is 0 Å². The molecule has 0 radical (unpaired) electrons. The average molecular weight is 186 g/mol. The Hall–Kier alpha value is -0.0800. The Labute approximate surface area is 83.7 Å². The quantitative estimate of drug-likeness (QED) is 0.654. The third kappa shape index (κ3) is 6.05. The molecule has 0 amide bonds. The van der Waals surface area contributed by atoms with Gasteiger partial charge in [0.1, 0.15) is 0 Å². The van der Waals surface area contributed by atoms with Crippen LogP contribution in [0.2, 0.25) is 0 Å². The Morgan fingerprint density at radius 3 is 2.31 bits per heavy atom. The first-order valence-corrected chi connectivity index (χ1v) is 5.46. The summed E-state index contributed by atoms with van der Waals surface area (Å²) < 4.78 is 0. The molecule has 0 spiro atoms. The van der Waals surface area contributed by atoms with E-state index in [4.69, 9.17) is 0 Å². The normalized spacial score (nSPS) is 14.1. The molecule has 0 aliphatic rings. The summed E-state index contributed by atoms with van der Waals surface area (Å²) in [4.78, 5) is 2.42. The van der Waals surface area contributed by atoms with Gasteiger partial charge in [0.2, 0.25) is 0 Å². The van der Waals surface area contributed by atoms with E-state index in [1.807, 2.05) is 7.05 Å². The predicted octanol–water partition coefficient (Wildman–Crippen LogP) is 1.96. The van der Waals surface area contributed by atoms with Crippen molar-refractivity contribution < 1.29 is 0 Å². The maximum atomic E-state index is 3.25. The summed E-state index contributed by atoms with van der Waals surface area (Å²) in [5.74, 6) is 0.839. The summed E-state index contributed by atoms with van der Waals surface area (Å²) in [5, 5.41) is 3.25. The van der Waals surface area contributed by atoms with Crippen LogP contribution in [0.25, 0.3) is 0 Å². The molecular formula is C11H26N2. The Morgan fingerprint density at radius 1 is 1.31 bits per heavy atom. The van der Waals surface area contributed by atoms with Crippen LogP contribution < -0.4 is 5.32 Å². The molecule has 13 heavy (non-hydrogen) atoms. The minimum absolute atomic E-state index is 0.673. The summed E-state index contributed by atoms with van der Waals surface area (Å²) in [5.41, 5.74) is 0. The zero-order valence-corrected chi connectivity index (χ0v) is 9.93. The van der Waals surface area contributed by atoms with Gasteiger partial charge in [-0.15, -0.1) is 0 Å². The number of rotatable bonds is 7. The van der Waals surface area contributed by atoms with Gasteiger partial charge in [-0.1, -0.05) is 13.3 Å². The number of hydrogen-bond acceptors (Lipinski definition) is 2. The lowest BCUT2D eigenvalue weighted by molar-refractivity contribution is 0.248. The fraction of sp³-hybridized carbons (Fsp3) is 1.00. The van der Waals surface area contributed by atoms with E-state index in [1.54, 1.807) is 0 Å². The van der Waals surface area contributed by atoms with Gasteiger partial charge in [-0.05, 0) is 53.4 Å². The second kappa shape index (κ2) is 7.34. The summed E-state index contributed by atoms with van der Waals surface area (Å²) in [6.45, 7) is 9.15. The van der Waals surface area contributed by atoms with E-state index < -0.39 is 0 Å². The Morgan fingerprint density at radius 2 is 1.92 bits per heavy atom. The number of nitrogens with zero attached hydrogens (tertiary/aromatic N) is 1. The summed E-state index contributed by atoms with van der Waals surface area (Å²) in [6.07, 6.45) is 2.60. The van der Waals surface area contributed by atoms with Gasteiger partial charge in [-0.25, -0.2) is 0 Å². The van der Waals surface area contributed by atoms with Gasteiger partial charge in [-0.2, -0.15) is 0 Å². The van der Waals surface area contributed by atoms with Crippen LogP contribution in [0.3, 0.4) is 0 Å². The van der Waals surface area contributed by atoms with Gasteiger partial charge < -0.3 is 10.2 Å². The molecule has 0 rings (SSSR count). The molecule has 2 heteroatoms. The molecule has 0 bridgehead atoms. The van der Waals surface area contributed by atoms with Crippen LogP contribution in [0, 0.1) is 5.92 Å². The van der Waals surface area contributed by atoms with E-state index in [9.17, 15) is 0 Å². The standard InChI is InChI=1S/C11H26N2/c1-6-11(9-12-4)7-8-13(5)10(2)3/h10-12H,6-9H2,1-5H3. The largest absolute Gasteiger partial charge is 0.319 e. The van der Waals surface area contributed by atoms with Crippen molar-refractivity contribution >= 4 is 0 Å². The average Bonchev–Trinajstić information content (AvgIpc) is 2.11. The molecule has 1 N–H and O–H groups in total. The third-order valence-corrected chi connectivity index (χ3v) is 2.84. The zero-order chi connectivity index (χ0) is 10.3. The fourth-order valence-corrected chi connectivity index (χ4v) is 1.38. The second-order valence-electron chi connectivity index (χ2n) is 4.19. The van der Waals surface area contributed by atoms with Crippen molar-refractivity contribution in [3.05, 3.63) is 0 Å². The van der Waals surface area contributed by atoms with E-state index in [1.165, 1.54) is 19.4 Å².